The highest BCUT2D eigenvalue weighted by Gasteiger charge is 2.29. The summed E-state index contributed by atoms with van der Waals surface area (Å²) in [6.45, 7) is 2.26. The van der Waals surface area contributed by atoms with Crippen LogP contribution in [-0.4, -0.2) is 59.8 Å². The number of nitrogens with one attached hydrogen (secondary N) is 2. The summed E-state index contributed by atoms with van der Waals surface area (Å²) in [5, 5.41) is 16.2. The third kappa shape index (κ3) is 4.53. The maximum atomic E-state index is 12.7. The molecule has 0 radical (unpaired) electrons. The summed E-state index contributed by atoms with van der Waals surface area (Å²) in [6, 6.07) is 12.4. The fraction of sp³-hybridized carbons (Fsp3) is 0.318. The first-order valence-corrected chi connectivity index (χ1v) is 10.4. The van der Waals surface area contributed by atoms with Crippen LogP contribution in [-0.2, 0) is 9.59 Å². The zero-order valence-corrected chi connectivity index (χ0v) is 17.3. The van der Waals surface area contributed by atoms with Crippen molar-refractivity contribution in [2.75, 3.05) is 36.4 Å². The van der Waals surface area contributed by atoms with Crippen LogP contribution in [0, 0.1) is 10.1 Å². The minimum Gasteiger partial charge on any atom is -0.368 e. The second kappa shape index (κ2) is 9.04. The van der Waals surface area contributed by atoms with Gasteiger partial charge in [-0.15, -0.1) is 0 Å². The normalized spacial score (nSPS) is 18.3. The molecule has 0 aromatic heterocycles. The third-order valence-electron chi connectivity index (χ3n) is 5.76. The van der Waals surface area contributed by atoms with Crippen LogP contribution in [0.2, 0.25) is 0 Å². The average Bonchev–Trinajstić information content (AvgIpc) is 2.93. The molecule has 0 saturated carbocycles. The molecule has 2 aliphatic heterocycles. The average molecular weight is 437 g/mol. The summed E-state index contributed by atoms with van der Waals surface area (Å²) in [7, 11) is 0. The number of nitro groups is 1. The lowest BCUT2D eigenvalue weighted by molar-refractivity contribution is -0.384. The fourth-order valence-corrected chi connectivity index (χ4v) is 3.94. The van der Waals surface area contributed by atoms with Crippen molar-refractivity contribution in [2.24, 2.45) is 0 Å². The van der Waals surface area contributed by atoms with Gasteiger partial charge in [0, 0.05) is 50.4 Å². The summed E-state index contributed by atoms with van der Waals surface area (Å²) in [5.41, 5.74) is 1.78. The fourth-order valence-electron chi connectivity index (χ4n) is 3.94. The number of para-hydroxylation sites is 1. The molecule has 10 heteroatoms. The molecular weight excluding hydrogens is 414 g/mol. The van der Waals surface area contributed by atoms with E-state index in [0.29, 0.717) is 37.4 Å². The lowest BCUT2D eigenvalue weighted by Gasteiger charge is -2.36. The molecule has 166 valence electrons. The number of nitro benzene ring substituents is 1. The molecule has 0 aliphatic carbocycles. The Morgan fingerprint density at radius 2 is 1.72 bits per heavy atom. The van der Waals surface area contributed by atoms with Gasteiger partial charge in [-0.3, -0.25) is 24.5 Å². The van der Waals surface area contributed by atoms with E-state index in [0.717, 1.165) is 5.69 Å². The van der Waals surface area contributed by atoms with Crippen molar-refractivity contribution in [3.05, 3.63) is 64.2 Å². The molecule has 4 rings (SSSR count). The number of rotatable bonds is 5. The van der Waals surface area contributed by atoms with E-state index in [1.54, 1.807) is 41.3 Å². The molecule has 1 saturated heterocycles. The zero-order valence-electron chi connectivity index (χ0n) is 17.3. The van der Waals surface area contributed by atoms with Gasteiger partial charge in [0.15, 0.2) is 0 Å². The number of benzene rings is 2. The first-order chi connectivity index (χ1) is 15.4. The van der Waals surface area contributed by atoms with Crippen molar-refractivity contribution in [1.29, 1.82) is 0 Å². The lowest BCUT2D eigenvalue weighted by atomic mass is 10.1. The number of anilines is 2. The number of carbonyl (C=O) groups is 3. The van der Waals surface area contributed by atoms with Gasteiger partial charge < -0.3 is 20.4 Å². The van der Waals surface area contributed by atoms with Crippen LogP contribution in [0.1, 0.15) is 23.2 Å². The smallest absolute Gasteiger partial charge is 0.269 e. The van der Waals surface area contributed by atoms with Crippen molar-refractivity contribution in [1.82, 2.24) is 10.2 Å². The number of fused-ring (bicyclic) bond motifs is 1. The molecule has 0 unspecified atom stereocenters. The van der Waals surface area contributed by atoms with Gasteiger partial charge in [-0.2, -0.15) is 0 Å². The number of non-ortho nitro benzene ring substituents is 1. The molecule has 2 aromatic carbocycles. The standard InChI is InChI=1S/C22H23N5O5/c28-20(10-9-19-22(30)23-18-4-2-1-3-17(18)21(29)24-19)26-13-11-25(12-14-26)15-5-7-16(8-6-15)27(31)32/h1-8,19H,9-14H2,(H,23,30)(H,24,29)/t19-/m1/s1. The number of hydrogen-bond acceptors (Lipinski definition) is 6. The topological polar surface area (TPSA) is 125 Å². The molecule has 1 fully saturated rings. The van der Waals surface area contributed by atoms with Gasteiger partial charge in [-0.05, 0) is 30.7 Å². The van der Waals surface area contributed by atoms with Gasteiger partial charge in [-0.1, -0.05) is 12.1 Å². The van der Waals surface area contributed by atoms with E-state index in [9.17, 15) is 24.5 Å². The third-order valence-corrected chi connectivity index (χ3v) is 5.76. The number of hydrogen-bond donors (Lipinski definition) is 2. The summed E-state index contributed by atoms with van der Waals surface area (Å²) >= 11 is 0. The van der Waals surface area contributed by atoms with E-state index in [1.165, 1.54) is 12.1 Å². The maximum absolute atomic E-state index is 12.7. The zero-order chi connectivity index (χ0) is 22.7. The maximum Gasteiger partial charge on any atom is 0.269 e. The van der Waals surface area contributed by atoms with Crippen LogP contribution >= 0.6 is 0 Å². The molecule has 2 aliphatic rings. The Labute approximate surface area is 184 Å². The van der Waals surface area contributed by atoms with Gasteiger partial charge in [0.25, 0.3) is 11.6 Å². The van der Waals surface area contributed by atoms with E-state index >= 15 is 0 Å². The molecule has 0 bridgehead atoms. The summed E-state index contributed by atoms with van der Waals surface area (Å²) in [6.07, 6.45) is 0.360. The monoisotopic (exact) mass is 437 g/mol. The van der Waals surface area contributed by atoms with Gasteiger partial charge in [0.1, 0.15) is 6.04 Å². The molecule has 2 heterocycles. The summed E-state index contributed by atoms with van der Waals surface area (Å²) in [4.78, 5) is 51.7. The van der Waals surface area contributed by atoms with Gasteiger partial charge >= 0.3 is 0 Å². The highest BCUT2D eigenvalue weighted by Crippen LogP contribution is 2.22. The molecule has 10 nitrogen and oxygen atoms in total. The number of carbonyl (C=O) groups excluding carboxylic acids is 3. The quantitative estimate of drug-likeness (QED) is 0.543. The van der Waals surface area contributed by atoms with Crippen LogP contribution < -0.4 is 15.5 Å². The Kier molecular flexibility index (Phi) is 6.02. The molecule has 3 amide bonds. The second-order valence-electron chi connectivity index (χ2n) is 7.74. The highest BCUT2D eigenvalue weighted by atomic mass is 16.6. The van der Waals surface area contributed by atoms with Crippen molar-refractivity contribution in [2.45, 2.75) is 18.9 Å². The van der Waals surface area contributed by atoms with Gasteiger partial charge in [0.2, 0.25) is 11.8 Å². The Morgan fingerprint density at radius 3 is 2.41 bits per heavy atom. The van der Waals surface area contributed by atoms with Gasteiger partial charge in [-0.25, -0.2) is 0 Å². The minimum absolute atomic E-state index is 0.0419. The number of nitrogens with zero attached hydrogens (tertiary/aromatic N) is 3. The van der Waals surface area contributed by atoms with Crippen LogP contribution in [0.25, 0.3) is 0 Å². The Bertz CT molecular complexity index is 1050. The highest BCUT2D eigenvalue weighted by molar-refractivity contribution is 6.09. The van der Waals surface area contributed by atoms with Crippen LogP contribution in [0.4, 0.5) is 17.1 Å². The van der Waals surface area contributed by atoms with E-state index in [2.05, 4.69) is 15.5 Å². The number of piperazine rings is 1. The Balaban J connectivity index is 1.28. The van der Waals surface area contributed by atoms with Crippen molar-refractivity contribution >= 4 is 34.8 Å². The molecular formula is C22H23N5O5. The molecule has 1 atom stereocenters. The van der Waals surface area contributed by atoms with Gasteiger partial charge in [0.05, 0.1) is 16.2 Å². The predicted molar refractivity (Wildman–Crippen MR) is 117 cm³/mol. The van der Waals surface area contributed by atoms with E-state index in [1.807, 2.05) is 0 Å². The SMILES string of the molecule is O=C1N[C@H](CCC(=O)N2CCN(c3ccc([N+](=O)[O-])cc3)CC2)C(=O)Nc2ccccc21. The van der Waals surface area contributed by atoms with Crippen LogP contribution in [0.3, 0.4) is 0 Å². The molecule has 2 aromatic rings. The minimum atomic E-state index is -0.778. The molecule has 2 N–H and O–H groups in total. The first kappa shape index (κ1) is 21.3. The Morgan fingerprint density at radius 1 is 1.03 bits per heavy atom. The summed E-state index contributed by atoms with van der Waals surface area (Å²) < 4.78 is 0. The van der Waals surface area contributed by atoms with E-state index in [4.69, 9.17) is 0 Å². The van der Waals surface area contributed by atoms with E-state index < -0.39 is 11.0 Å². The Hall–Kier alpha value is -3.95. The largest absolute Gasteiger partial charge is 0.368 e. The van der Waals surface area contributed by atoms with Crippen LogP contribution in [0.5, 0.6) is 0 Å². The van der Waals surface area contributed by atoms with Crippen molar-refractivity contribution in [3.63, 3.8) is 0 Å². The molecule has 32 heavy (non-hydrogen) atoms. The summed E-state index contributed by atoms with van der Waals surface area (Å²) in [5.74, 6) is -0.746. The van der Waals surface area contributed by atoms with E-state index in [-0.39, 0.29) is 36.3 Å². The molecule has 0 spiro atoms. The lowest BCUT2D eigenvalue weighted by Crippen LogP contribution is -2.49. The van der Waals surface area contributed by atoms with Crippen molar-refractivity contribution < 1.29 is 19.3 Å². The second-order valence-corrected chi connectivity index (χ2v) is 7.74. The number of amides is 3. The van der Waals surface area contributed by atoms with Crippen LogP contribution in [0.15, 0.2) is 48.5 Å². The first-order valence-electron chi connectivity index (χ1n) is 10.4. The van der Waals surface area contributed by atoms with Crippen molar-refractivity contribution in [3.8, 4) is 0 Å². The predicted octanol–water partition coefficient (Wildman–Crippen LogP) is 1.77.